The lowest BCUT2D eigenvalue weighted by Gasteiger charge is -2.43. The van der Waals surface area contributed by atoms with Crippen LogP contribution >= 0.6 is 22.9 Å². The van der Waals surface area contributed by atoms with E-state index in [1.54, 1.807) is 23.0 Å². The van der Waals surface area contributed by atoms with Gasteiger partial charge in [-0.3, -0.25) is 4.68 Å². The van der Waals surface area contributed by atoms with Gasteiger partial charge in [-0.05, 0) is 31.0 Å². The molecule has 0 unspecified atom stereocenters. The molecule has 0 atom stereocenters. The van der Waals surface area contributed by atoms with Crippen LogP contribution in [0.15, 0.2) is 30.6 Å². The predicted molar refractivity (Wildman–Crippen MR) is 105 cm³/mol. The van der Waals surface area contributed by atoms with Gasteiger partial charge < -0.3 is 5.11 Å². The first-order chi connectivity index (χ1) is 13.6. The smallest absolute Gasteiger partial charge is 0.384 e. The fraction of sp³-hybridized carbons (Fsp3) is 0.316. The minimum absolute atomic E-state index is 0.271. The summed E-state index contributed by atoms with van der Waals surface area (Å²) in [5.41, 5.74) is 0.524. The molecule has 0 bridgehead atoms. The maximum atomic E-state index is 12.9. The van der Waals surface area contributed by atoms with E-state index in [1.807, 2.05) is 19.3 Å². The zero-order valence-electron chi connectivity index (χ0n) is 15.0. The Morgan fingerprint density at radius 3 is 2.79 bits per heavy atom. The number of alkyl halides is 3. The molecule has 0 radical (unpaired) electrons. The number of halogens is 4. The van der Waals surface area contributed by atoms with Crippen LogP contribution in [0.25, 0.3) is 32.5 Å². The van der Waals surface area contributed by atoms with Crippen molar-refractivity contribution < 1.29 is 18.3 Å². The van der Waals surface area contributed by atoms with Gasteiger partial charge in [0.15, 0.2) is 5.65 Å². The minimum Gasteiger partial charge on any atom is -0.384 e. The summed E-state index contributed by atoms with van der Waals surface area (Å²) in [5, 5.41) is 16.7. The van der Waals surface area contributed by atoms with Crippen molar-refractivity contribution >= 4 is 44.2 Å². The number of hydrogen-bond donors (Lipinski definition) is 1. The Kier molecular flexibility index (Phi) is 3.97. The molecule has 1 aliphatic rings. The van der Waals surface area contributed by atoms with Gasteiger partial charge in [-0.1, -0.05) is 11.6 Å². The highest BCUT2D eigenvalue weighted by molar-refractivity contribution is 7.19. The van der Waals surface area contributed by atoms with E-state index >= 15 is 0 Å². The Morgan fingerprint density at radius 2 is 2.07 bits per heavy atom. The van der Waals surface area contributed by atoms with Crippen molar-refractivity contribution in [2.45, 2.75) is 24.6 Å². The summed E-state index contributed by atoms with van der Waals surface area (Å²) < 4.78 is 40.2. The van der Waals surface area contributed by atoms with Gasteiger partial charge in [0.25, 0.3) is 0 Å². The fourth-order valence-electron chi connectivity index (χ4n) is 3.75. The predicted octanol–water partition coefficient (Wildman–Crippen LogP) is 5.06. The van der Waals surface area contributed by atoms with Crippen molar-refractivity contribution in [1.29, 1.82) is 0 Å². The molecule has 10 heteroatoms. The van der Waals surface area contributed by atoms with Crippen LogP contribution in [-0.2, 0) is 12.6 Å². The van der Waals surface area contributed by atoms with Crippen LogP contribution in [0.2, 0.25) is 5.02 Å². The van der Waals surface area contributed by atoms with Gasteiger partial charge in [-0.25, -0.2) is 9.97 Å². The molecule has 4 aromatic rings. The first-order valence-electron chi connectivity index (χ1n) is 8.82. The van der Waals surface area contributed by atoms with Gasteiger partial charge in [0.05, 0.1) is 21.5 Å². The van der Waals surface area contributed by atoms with Crippen molar-refractivity contribution in [3.63, 3.8) is 0 Å². The minimum atomic E-state index is -4.31. The number of aryl methyl sites for hydroxylation is 1. The highest BCUT2D eigenvalue weighted by Crippen LogP contribution is 2.56. The zero-order valence-corrected chi connectivity index (χ0v) is 16.6. The summed E-state index contributed by atoms with van der Waals surface area (Å²) in [7, 11) is 1.81. The molecule has 0 amide bonds. The molecule has 5 nitrogen and oxygen atoms in total. The van der Waals surface area contributed by atoms with Crippen molar-refractivity contribution in [3.05, 3.63) is 40.5 Å². The summed E-state index contributed by atoms with van der Waals surface area (Å²) in [6, 6.07) is 5.48. The Labute approximate surface area is 171 Å². The lowest BCUT2D eigenvalue weighted by Crippen LogP contribution is -2.47. The molecule has 0 aliphatic heterocycles. The van der Waals surface area contributed by atoms with Gasteiger partial charge in [-0.2, -0.15) is 18.3 Å². The largest absolute Gasteiger partial charge is 0.392 e. The zero-order chi connectivity index (χ0) is 20.6. The lowest BCUT2D eigenvalue weighted by molar-refractivity contribution is -0.241. The first kappa shape index (κ1) is 18.8. The molecule has 1 saturated carbocycles. The number of fused-ring (bicyclic) bond motifs is 2. The van der Waals surface area contributed by atoms with E-state index in [1.165, 1.54) is 0 Å². The highest BCUT2D eigenvalue weighted by atomic mass is 35.5. The number of aromatic nitrogens is 4. The van der Waals surface area contributed by atoms with Crippen LogP contribution in [0.5, 0.6) is 0 Å². The molecule has 1 aliphatic carbocycles. The van der Waals surface area contributed by atoms with E-state index in [-0.39, 0.29) is 17.9 Å². The van der Waals surface area contributed by atoms with Crippen LogP contribution < -0.4 is 0 Å². The number of thiophene rings is 1. The summed E-state index contributed by atoms with van der Waals surface area (Å²) in [6.45, 7) is 0. The molecule has 29 heavy (non-hydrogen) atoms. The second kappa shape index (κ2) is 6.13. The van der Waals surface area contributed by atoms with E-state index in [0.29, 0.717) is 26.4 Å². The Morgan fingerprint density at radius 1 is 1.31 bits per heavy atom. The van der Waals surface area contributed by atoms with Crippen molar-refractivity contribution in [3.8, 4) is 11.3 Å². The van der Waals surface area contributed by atoms with E-state index in [4.69, 9.17) is 11.6 Å². The molecular weight excluding hydrogens is 425 g/mol. The van der Waals surface area contributed by atoms with E-state index in [9.17, 15) is 18.3 Å². The normalized spacial score (nSPS) is 22.3. The first-order valence-corrected chi connectivity index (χ1v) is 10.0. The topological polar surface area (TPSA) is 63.8 Å². The Balaban J connectivity index is 1.53. The maximum absolute atomic E-state index is 12.9. The average molecular weight is 439 g/mol. The SMILES string of the molecule is Cn1cc2cc(-c3ccc4c(Cl)c(C5(O)CC(C(F)(F)F)C5)sc4n3)cnc2n1. The molecule has 0 saturated heterocycles. The second-order valence-corrected chi connectivity index (χ2v) is 8.79. The molecule has 4 aromatic heterocycles. The van der Waals surface area contributed by atoms with Crippen LogP contribution in [0.1, 0.15) is 17.7 Å². The summed E-state index contributed by atoms with van der Waals surface area (Å²) in [5.74, 6) is -1.51. The van der Waals surface area contributed by atoms with Crippen molar-refractivity contribution in [2.24, 2.45) is 13.0 Å². The summed E-state index contributed by atoms with van der Waals surface area (Å²) >= 11 is 7.54. The van der Waals surface area contributed by atoms with E-state index < -0.39 is 17.7 Å². The van der Waals surface area contributed by atoms with Crippen LogP contribution in [-0.4, -0.2) is 31.0 Å². The van der Waals surface area contributed by atoms with Gasteiger partial charge in [0, 0.05) is 35.8 Å². The number of pyridine rings is 2. The maximum Gasteiger partial charge on any atom is 0.392 e. The standard InChI is InChI=1S/C19H14ClF3N4OS/c1-27-8-10-4-9(7-24-16(10)26-27)13-3-2-12-14(20)15(29-17(12)25-13)18(28)5-11(6-18)19(21,22)23/h2-4,7-8,11,28H,5-6H2,1H3. The Hall–Kier alpha value is -2.23. The van der Waals surface area contributed by atoms with E-state index in [0.717, 1.165) is 22.3 Å². The number of rotatable bonds is 2. The Bertz CT molecular complexity index is 1260. The molecule has 1 N–H and O–H groups in total. The van der Waals surface area contributed by atoms with E-state index in [2.05, 4.69) is 15.1 Å². The van der Waals surface area contributed by atoms with Crippen LogP contribution in [0.4, 0.5) is 13.2 Å². The molecule has 0 spiro atoms. The highest BCUT2D eigenvalue weighted by Gasteiger charge is 2.57. The third-order valence-corrected chi connectivity index (χ3v) is 7.12. The van der Waals surface area contributed by atoms with Crippen LogP contribution in [0.3, 0.4) is 0 Å². The van der Waals surface area contributed by atoms with Crippen molar-refractivity contribution in [1.82, 2.24) is 19.7 Å². The third-order valence-electron chi connectivity index (χ3n) is 5.32. The molecular formula is C19H14ClF3N4OS. The summed E-state index contributed by atoms with van der Waals surface area (Å²) in [6.07, 6.45) is -1.53. The third kappa shape index (κ3) is 2.99. The van der Waals surface area contributed by atoms with Crippen LogP contribution in [0, 0.1) is 5.92 Å². The number of nitrogens with zero attached hydrogens (tertiary/aromatic N) is 4. The molecule has 5 rings (SSSR count). The van der Waals surface area contributed by atoms with Gasteiger partial charge in [0.1, 0.15) is 10.4 Å². The quantitative estimate of drug-likeness (QED) is 0.475. The number of aliphatic hydroxyl groups is 1. The van der Waals surface area contributed by atoms with Gasteiger partial charge in [0.2, 0.25) is 0 Å². The van der Waals surface area contributed by atoms with Crippen molar-refractivity contribution in [2.75, 3.05) is 0 Å². The molecule has 4 heterocycles. The molecule has 0 aromatic carbocycles. The monoisotopic (exact) mass is 438 g/mol. The molecule has 150 valence electrons. The lowest BCUT2D eigenvalue weighted by atomic mass is 9.69. The fourth-order valence-corrected chi connectivity index (χ4v) is 5.43. The summed E-state index contributed by atoms with van der Waals surface area (Å²) in [4.78, 5) is 9.86. The number of hydrogen-bond acceptors (Lipinski definition) is 5. The second-order valence-electron chi connectivity index (χ2n) is 7.41. The average Bonchev–Trinajstić information content (AvgIpc) is 3.16. The van der Waals surface area contributed by atoms with Gasteiger partial charge >= 0.3 is 6.18 Å². The van der Waals surface area contributed by atoms with Gasteiger partial charge in [-0.15, -0.1) is 11.3 Å². The molecule has 1 fully saturated rings.